The van der Waals surface area contributed by atoms with Gasteiger partial charge < -0.3 is 15.0 Å². The Bertz CT molecular complexity index is 280. The molecule has 104 valence electrons. The highest BCUT2D eigenvalue weighted by atomic mass is 16.5. The minimum Gasteiger partial charge on any atom is -0.383 e. The molecule has 0 radical (unpaired) electrons. The molecule has 18 heavy (non-hydrogen) atoms. The maximum Gasteiger partial charge on any atom is 0.236 e. The van der Waals surface area contributed by atoms with Gasteiger partial charge in [0.05, 0.1) is 19.7 Å². The third kappa shape index (κ3) is 5.46. The SMILES string of the molecule is CCN(C(=O)CNCC(=O)NCCOC)C1CC1. The van der Waals surface area contributed by atoms with Gasteiger partial charge >= 0.3 is 0 Å². The van der Waals surface area contributed by atoms with Crippen LogP contribution < -0.4 is 10.6 Å². The van der Waals surface area contributed by atoms with E-state index in [1.54, 1.807) is 7.11 Å². The number of nitrogens with zero attached hydrogens (tertiary/aromatic N) is 1. The van der Waals surface area contributed by atoms with Gasteiger partial charge in [0, 0.05) is 26.2 Å². The minimum atomic E-state index is -0.116. The zero-order valence-corrected chi connectivity index (χ0v) is 11.2. The lowest BCUT2D eigenvalue weighted by molar-refractivity contribution is -0.130. The van der Waals surface area contributed by atoms with E-state index >= 15 is 0 Å². The molecule has 1 fully saturated rings. The van der Waals surface area contributed by atoms with Gasteiger partial charge in [0.25, 0.3) is 0 Å². The monoisotopic (exact) mass is 257 g/mol. The summed E-state index contributed by atoms with van der Waals surface area (Å²) >= 11 is 0. The molecule has 0 heterocycles. The number of hydrogen-bond donors (Lipinski definition) is 2. The van der Waals surface area contributed by atoms with Crippen molar-refractivity contribution in [1.29, 1.82) is 0 Å². The first-order valence-corrected chi connectivity index (χ1v) is 6.44. The largest absolute Gasteiger partial charge is 0.383 e. The van der Waals surface area contributed by atoms with Crippen molar-refractivity contribution in [2.24, 2.45) is 0 Å². The predicted octanol–water partition coefficient (Wildman–Crippen LogP) is -0.650. The molecule has 0 aromatic carbocycles. The topological polar surface area (TPSA) is 70.7 Å². The molecule has 1 aliphatic rings. The zero-order chi connectivity index (χ0) is 13.4. The van der Waals surface area contributed by atoms with E-state index in [9.17, 15) is 9.59 Å². The van der Waals surface area contributed by atoms with Crippen molar-refractivity contribution in [1.82, 2.24) is 15.5 Å². The Hall–Kier alpha value is -1.14. The number of hydrogen-bond acceptors (Lipinski definition) is 4. The van der Waals surface area contributed by atoms with Crippen molar-refractivity contribution < 1.29 is 14.3 Å². The van der Waals surface area contributed by atoms with Crippen molar-refractivity contribution >= 4 is 11.8 Å². The van der Waals surface area contributed by atoms with Gasteiger partial charge in [-0.2, -0.15) is 0 Å². The van der Waals surface area contributed by atoms with E-state index in [0.29, 0.717) is 19.2 Å². The summed E-state index contributed by atoms with van der Waals surface area (Å²) in [5, 5.41) is 5.55. The van der Waals surface area contributed by atoms with Crippen LogP contribution in [0.3, 0.4) is 0 Å². The van der Waals surface area contributed by atoms with Crippen LogP contribution in [0, 0.1) is 0 Å². The molecular formula is C12H23N3O3. The van der Waals surface area contributed by atoms with Crippen LogP contribution in [0.25, 0.3) is 0 Å². The zero-order valence-electron chi connectivity index (χ0n) is 11.2. The fourth-order valence-electron chi connectivity index (χ4n) is 1.76. The summed E-state index contributed by atoms with van der Waals surface area (Å²) in [6.45, 7) is 4.10. The Morgan fingerprint density at radius 3 is 2.61 bits per heavy atom. The van der Waals surface area contributed by atoms with Gasteiger partial charge in [-0.1, -0.05) is 0 Å². The first-order chi connectivity index (χ1) is 8.69. The number of rotatable bonds is 9. The number of amides is 2. The number of ether oxygens (including phenoxy) is 1. The second-order valence-corrected chi connectivity index (χ2v) is 4.36. The highest BCUT2D eigenvalue weighted by molar-refractivity contribution is 5.81. The van der Waals surface area contributed by atoms with E-state index in [2.05, 4.69) is 10.6 Å². The number of carbonyl (C=O) groups excluding carboxylic acids is 2. The van der Waals surface area contributed by atoms with Gasteiger partial charge in [-0.25, -0.2) is 0 Å². The summed E-state index contributed by atoms with van der Waals surface area (Å²) < 4.78 is 4.82. The van der Waals surface area contributed by atoms with Crippen LogP contribution >= 0.6 is 0 Å². The van der Waals surface area contributed by atoms with Crippen molar-refractivity contribution in [2.45, 2.75) is 25.8 Å². The molecule has 0 aliphatic heterocycles. The van der Waals surface area contributed by atoms with Gasteiger partial charge in [-0.05, 0) is 19.8 Å². The summed E-state index contributed by atoms with van der Waals surface area (Å²) in [6, 6.07) is 0.430. The Kier molecular flexibility index (Phi) is 6.67. The smallest absolute Gasteiger partial charge is 0.236 e. The number of carbonyl (C=O) groups is 2. The summed E-state index contributed by atoms with van der Waals surface area (Å²) in [5.74, 6) is -0.0426. The minimum absolute atomic E-state index is 0.0738. The molecule has 0 aromatic rings. The quantitative estimate of drug-likeness (QED) is 0.539. The summed E-state index contributed by atoms with van der Waals surface area (Å²) in [6.07, 6.45) is 2.22. The van der Waals surface area contributed by atoms with Gasteiger partial charge in [0.1, 0.15) is 0 Å². The third-order valence-corrected chi connectivity index (χ3v) is 2.84. The standard InChI is InChI=1S/C12H23N3O3/c1-3-15(10-4-5-10)12(17)9-13-8-11(16)14-6-7-18-2/h10,13H,3-9H2,1-2H3,(H,14,16). The van der Waals surface area contributed by atoms with Gasteiger partial charge in [-0.3, -0.25) is 14.9 Å². The Balaban J connectivity index is 2.08. The molecule has 0 aromatic heterocycles. The maximum atomic E-state index is 11.8. The van der Waals surface area contributed by atoms with Crippen molar-refractivity contribution in [2.75, 3.05) is 39.9 Å². The van der Waals surface area contributed by atoms with E-state index in [-0.39, 0.29) is 24.9 Å². The fourth-order valence-corrected chi connectivity index (χ4v) is 1.76. The Morgan fingerprint density at radius 2 is 2.06 bits per heavy atom. The van der Waals surface area contributed by atoms with Crippen LogP contribution in [0.4, 0.5) is 0 Å². The molecule has 0 atom stereocenters. The normalized spacial score (nSPS) is 14.3. The van der Waals surface area contributed by atoms with Crippen LogP contribution in [-0.2, 0) is 14.3 Å². The van der Waals surface area contributed by atoms with Crippen molar-refractivity contribution in [3.05, 3.63) is 0 Å². The number of likely N-dealkylation sites (N-methyl/N-ethyl adjacent to an activating group) is 1. The molecule has 0 saturated heterocycles. The lowest BCUT2D eigenvalue weighted by Gasteiger charge is -2.20. The molecule has 0 unspecified atom stereocenters. The van der Waals surface area contributed by atoms with Crippen LogP contribution in [0.5, 0.6) is 0 Å². The van der Waals surface area contributed by atoms with Crippen LogP contribution in [0.15, 0.2) is 0 Å². The molecular weight excluding hydrogens is 234 g/mol. The maximum absolute atomic E-state index is 11.8. The van der Waals surface area contributed by atoms with Crippen molar-refractivity contribution in [3.8, 4) is 0 Å². The molecule has 6 nitrogen and oxygen atoms in total. The Labute approximate surface area is 108 Å². The molecule has 1 rings (SSSR count). The first kappa shape index (κ1) is 14.9. The highest BCUT2D eigenvalue weighted by Gasteiger charge is 2.30. The molecule has 0 spiro atoms. The molecule has 1 aliphatic carbocycles. The predicted molar refractivity (Wildman–Crippen MR) is 68.2 cm³/mol. The highest BCUT2D eigenvalue weighted by Crippen LogP contribution is 2.26. The second-order valence-electron chi connectivity index (χ2n) is 4.36. The van der Waals surface area contributed by atoms with E-state index in [0.717, 1.165) is 19.4 Å². The van der Waals surface area contributed by atoms with Gasteiger partial charge in [0.2, 0.25) is 11.8 Å². The van der Waals surface area contributed by atoms with Gasteiger partial charge in [-0.15, -0.1) is 0 Å². The number of nitrogens with one attached hydrogen (secondary N) is 2. The molecule has 6 heteroatoms. The molecule has 1 saturated carbocycles. The fraction of sp³-hybridized carbons (Fsp3) is 0.833. The van der Waals surface area contributed by atoms with Crippen LogP contribution in [-0.4, -0.2) is 62.7 Å². The third-order valence-electron chi connectivity index (χ3n) is 2.84. The van der Waals surface area contributed by atoms with Crippen molar-refractivity contribution in [3.63, 3.8) is 0 Å². The van der Waals surface area contributed by atoms with E-state index < -0.39 is 0 Å². The summed E-state index contributed by atoms with van der Waals surface area (Å²) in [4.78, 5) is 25.0. The molecule has 0 bridgehead atoms. The van der Waals surface area contributed by atoms with E-state index in [4.69, 9.17) is 4.74 Å². The van der Waals surface area contributed by atoms with Crippen LogP contribution in [0.1, 0.15) is 19.8 Å². The molecule has 2 N–H and O–H groups in total. The first-order valence-electron chi connectivity index (χ1n) is 6.44. The van der Waals surface area contributed by atoms with E-state index in [1.807, 2.05) is 11.8 Å². The second kappa shape index (κ2) is 8.05. The summed E-state index contributed by atoms with van der Waals surface area (Å²) in [5.41, 5.74) is 0. The lowest BCUT2D eigenvalue weighted by Crippen LogP contribution is -2.43. The molecule has 2 amide bonds. The lowest BCUT2D eigenvalue weighted by atomic mass is 10.4. The average molecular weight is 257 g/mol. The van der Waals surface area contributed by atoms with E-state index in [1.165, 1.54) is 0 Å². The average Bonchev–Trinajstić information content (AvgIpc) is 3.15. The number of methoxy groups -OCH3 is 1. The Morgan fingerprint density at radius 1 is 1.33 bits per heavy atom. The van der Waals surface area contributed by atoms with Crippen LogP contribution in [0.2, 0.25) is 0 Å². The van der Waals surface area contributed by atoms with Gasteiger partial charge in [0.15, 0.2) is 0 Å². The summed E-state index contributed by atoms with van der Waals surface area (Å²) in [7, 11) is 1.58.